The summed E-state index contributed by atoms with van der Waals surface area (Å²) in [5, 5.41) is 4.83. The Morgan fingerprint density at radius 3 is 2.40 bits per heavy atom. The highest BCUT2D eigenvalue weighted by Crippen LogP contribution is 2.25. The van der Waals surface area contributed by atoms with E-state index in [1.165, 1.54) is 0 Å². The molecule has 2 aromatic heterocycles. The molecule has 0 saturated carbocycles. The van der Waals surface area contributed by atoms with Crippen LogP contribution in [-0.2, 0) is 17.8 Å². The zero-order valence-corrected chi connectivity index (χ0v) is 17.0. The quantitative estimate of drug-likeness (QED) is 0.461. The number of rotatable bonds is 7. The molecule has 0 radical (unpaired) electrons. The van der Waals surface area contributed by atoms with Crippen LogP contribution < -0.4 is 0 Å². The van der Waals surface area contributed by atoms with E-state index in [0.717, 1.165) is 28.1 Å². The Morgan fingerprint density at radius 1 is 0.967 bits per heavy atom. The van der Waals surface area contributed by atoms with Crippen LogP contribution in [0.3, 0.4) is 0 Å². The number of amides is 1. The van der Waals surface area contributed by atoms with Crippen LogP contribution in [0.4, 0.5) is 0 Å². The molecule has 0 atom stereocenters. The van der Waals surface area contributed by atoms with Gasteiger partial charge in [0.25, 0.3) is 0 Å². The van der Waals surface area contributed by atoms with Crippen molar-refractivity contribution < 1.29 is 4.79 Å². The van der Waals surface area contributed by atoms with Gasteiger partial charge in [0.2, 0.25) is 5.91 Å². The van der Waals surface area contributed by atoms with E-state index in [9.17, 15) is 4.79 Å². The summed E-state index contributed by atoms with van der Waals surface area (Å²) < 4.78 is 1.88. The van der Waals surface area contributed by atoms with Gasteiger partial charge in [0.1, 0.15) is 0 Å². The second kappa shape index (κ2) is 9.18. The molecule has 2 aromatic carbocycles. The molecular weight excluding hydrogens is 372 g/mol. The predicted molar refractivity (Wildman–Crippen MR) is 118 cm³/mol. The average molecular weight is 396 g/mol. The molecule has 0 aliphatic rings. The largest absolute Gasteiger partial charge is 0.341 e. The minimum absolute atomic E-state index is 0.102. The number of para-hydroxylation sites is 1. The molecule has 5 nitrogen and oxygen atoms in total. The van der Waals surface area contributed by atoms with Gasteiger partial charge in [-0.1, -0.05) is 54.6 Å². The van der Waals surface area contributed by atoms with Crippen LogP contribution in [0.5, 0.6) is 0 Å². The van der Waals surface area contributed by atoms with Gasteiger partial charge in [0.15, 0.2) is 0 Å². The molecule has 0 bridgehead atoms. The Kier molecular flexibility index (Phi) is 5.99. The SMILES string of the molecule is CN(Cc1cn(-c2ccccc2)nc1-c1ccccc1)C(=O)CCc1cccnc1. The second-order valence-corrected chi connectivity index (χ2v) is 7.26. The zero-order valence-electron chi connectivity index (χ0n) is 17.0. The highest BCUT2D eigenvalue weighted by Gasteiger charge is 2.16. The standard InChI is InChI=1S/C25H24N4O/c1-28(24(30)15-14-20-9-8-16-26-17-20)18-22-19-29(23-12-6-3-7-13-23)27-25(22)21-10-4-2-5-11-21/h2-13,16-17,19H,14-15,18H2,1H3. The lowest BCUT2D eigenvalue weighted by Gasteiger charge is -2.17. The zero-order chi connectivity index (χ0) is 20.8. The number of aromatic nitrogens is 3. The summed E-state index contributed by atoms with van der Waals surface area (Å²) in [7, 11) is 1.85. The Labute approximate surface area is 176 Å². The number of nitrogens with zero attached hydrogens (tertiary/aromatic N) is 4. The maximum atomic E-state index is 12.7. The molecule has 0 aliphatic heterocycles. The van der Waals surface area contributed by atoms with Crippen LogP contribution in [0.15, 0.2) is 91.4 Å². The summed E-state index contributed by atoms with van der Waals surface area (Å²) in [6.45, 7) is 0.503. The van der Waals surface area contributed by atoms with Gasteiger partial charge in [-0.3, -0.25) is 9.78 Å². The minimum Gasteiger partial charge on any atom is -0.341 e. The van der Waals surface area contributed by atoms with Gasteiger partial charge >= 0.3 is 0 Å². The van der Waals surface area contributed by atoms with Crippen LogP contribution in [0, 0.1) is 0 Å². The molecule has 1 amide bonds. The van der Waals surface area contributed by atoms with Gasteiger partial charge in [-0.25, -0.2) is 4.68 Å². The highest BCUT2D eigenvalue weighted by molar-refractivity contribution is 5.76. The van der Waals surface area contributed by atoms with Crippen molar-refractivity contribution in [2.75, 3.05) is 7.05 Å². The Balaban J connectivity index is 1.54. The number of carbonyl (C=O) groups is 1. The molecule has 4 rings (SSSR count). The van der Waals surface area contributed by atoms with Crippen LogP contribution in [0.1, 0.15) is 17.5 Å². The van der Waals surface area contributed by atoms with Crippen molar-refractivity contribution in [2.45, 2.75) is 19.4 Å². The Hall–Kier alpha value is -3.73. The Morgan fingerprint density at radius 2 is 1.70 bits per heavy atom. The fourth-order valence-electron chi connectivity index (χ4n) is 3.41. The van der Waals surface area contributed by atoms with Crippen LogP contribution in [-0.4, -0.2) is 32.6 Å². The minimum atomic E-state index is 0.102. The Bertz CT molecular complexity index is 1090. The number of aryl methyl sites for hydroxylation is 1. The van der Waals surface area contributed by atoms with Crippen molar-refractivity contribution in [1.29, 1.82) is 0 Å². The van der Waals surface area contributed by atoms with Gasteiger partial charge in [0.05, 0.1) is 11.4 Å². The van der Waals surface area contributed by atoms with Crippen molar-refractivity contribution in [1.82, 2.24) is 19.7 Å². The first-order valence-corrected chi connectivity index (χ1v) is 10.0. The van der Waals surface area contributed by atoms with Crippen LogP contribution in [0.2, 0.25) is 0 Å². The molecule has 0 fully saturated rings. The summed E-state index contributed by atoms with van der Waals surface area (Å²) in [5.41, 5.74) is 5.01. The lowest BCUT2D eigenvalue weighted by Crippen LogP contribution is -2.26. The third kappa shape index (κ3) is 4.63. The molecule has 30 heavy (non-hydrogen) atoms. The topological polar surface area (TPSA) is 51.0 Å². The molecule has 0 aliphatic carbocycles. The lowest BCUT2D eigenvalue weighted by atomic mass is 10.1. The first kappa shape index (κ1) is 19.6. The number of benzene rings is 2. The van der Waals surface area contributed by atoms with Gasteiger partial charge < -0.3 is 4.90 Å². The maximum Gasteiger partial charge on any atom is 0.222 e. The predicted octanol–water partition coefficient (Wildman–Crippen LogP) is 4.53. The molecule has 2 heterocycles. The van der Waals surface area contributed by atoms with Crippen LogP contribution in [0.25, 0.3) is 16.9 Å². The van der Waals surface area contributed by atoms with Gasteiger partial charge in [-0.15, -0.1) is 0 Å². The van der Waals surface area contributed by atoms with Crippen molar-refractivity contribution in [3.8, 4) is 16.9 Å². The van der Waals surface area contributed by atoms with Crippen molar-refractivity contribution in [3.05, 3.63) is 103 Å². The summed E-state index contributed by atoms with van der Waals surface area (Å²) in [5.74, 6) is 0.102. The second-order valence-electron chi connectivity index (χ2n) is 7.26. The average Bonchev–Trinajstić information content (AvgIpc) is 3.23. The number of hydrogen-bond donors (Lipinski definition) is 0. The number of pyridine rings is 1. The van der Waals surface area contributed by atoms with E-state index in [0.29, 0.717) is 19.4 Å². The van der Waals surface area contributed by atoms with Gasteiger partial charge in [-0.05, 0) is 30.2 Å². The lowest BCUT2D eigenvalue weighted by molar-refractivity contribution is -0.130. The van der Waals surface area contributed by atoms with E-state index >= 15 is 0 Å². The van der Waals surface area contributed by atoms with Crippen molar-refractivity contribution >= 4 is 5.91 Å². The fraction of sp³-hybridized carbons (Fsp3) is 0.160. The molecule has 5 heteroatoms. The van der Waals surface area contributed by atoms with Gasteiger partial charge in [0, 0.05) is 49.7 Å². The summed E-state index contributed by atoms with van der Waals surface area (Å²) >= 11 is 0. The third-order valence-corrected chi connectivity index (χ3v) is 5.04. The molecule has 4 aromatic rings. The van der Waals surface area contributed by atoms with E-state index in [4.69, 9.17) is 5.10 Å². The molecule has 150 valence electrons. The first-order chi connectivity index (χ1) is 14.7. The number of hydrogen-bond acceptors (Lipinski definition) is 3. The monoisotopic (exact) mass is 396 g/mol. The summed E-state index contributed by atoms with van der Waals surface area (Å²) in [4.78, 5) is 18.6. The van der Waals surface area contributed by atoms with E-state index < -0.39 is 0 Å². The van der Waals surface area contributed by atoms with Crippen LogP contribution >= 0.6 is 0 Å². The summed E-state index contributed by atoms with van der Waals surface area (Å²) in [6, 6.07) is 24.0. The smallest absolute Gasteiger partial charge is 0.222 e. The maximum absolute atomic E-state index is 12.7. The molecular formula is C25H24N4O. The fourth-order valence-corrected chi connectivity index (χ4v) is 3.41. The molecule has 0 unspecified atom stereocenters. The van der Waals surface area contributed by atoms with Crippen molar-refractivity contribution in [2.24, 2.45) is 0 Å². The van der Waals surface area contributed by atoms with Gasteiger partial charge in [-0.2, -0.15) is 5.10 Å². The normalized spacial score (nSPS) is 10.7. The van der Waals surface area contributed by atoms with E-state index in [2.05, 4.69) is 4.98 Å². The van der Waals surface area contributed by atoms with Crippen molar-refractivity contribution in [3.63, 3.8) is 0 Å². The molecule has 0 saturated heterocycles. The summed E-state index contributed by atoms with van der Waals surface area (Å²) in [6.07, 6.45) is 6.71. The highest BCUT2D eigenvalue weighted by atomic mass is 16.2. The van der Waals surface area contributed by atoms with E-state index in [-0.39, 0.29) is 5.91 Å². The van der Waals surface area contributed by atoms with E-state index in [1.54, 1.807) is 11.1 Å². The molecule has 0 spiro atoms. The first-order valence-electron chi connectivity index (χ1n) is 10.0. The third-order valence-electron chi connectivity index (χ3n) is 5.04. The number of carbonyl (C=O) groups excluding carboxylic acids is 1. The molecule has 0 N–H and O–H groups in total. The van der Waals surface area contributed by atoms with E-state index in [1.807, 2.05) is 96.9 Å².